The van der Waals surface area contributed by atoms with Gasteiger partial charge < -0.3 is 10.4 Å². The van der Waals surface area contributed by atoms with E-state index in [1.54, 1.807) is 24.3 Å². The summed E-state index contributed by atoms with van der Waals surface area (Å²) in [6.45, 7) is 1.40. The third-order valence-electron chi connectivity index (χ3n) is 3.38. The van der Waals surface area contributed by atoms with Gasteiger partial charge in [0.2, 0.25) is 0 Å². The Morgan fingerprint density at radius 1 is 1.09 bits per heavy atom. The zero-order chi connectivity index (χ0) is 16.2. The summed E-state index contributed by atoms with van der Waals surface area (Å²) in [4.78, 5) is 23.7. The van der Waals surface area contributed by atoms with Gasteiger partial charge in [-0.2, -0.15) is 0 Å². The molecule has 4 nitrogen and oxygen atoms in total. The molecule has 1 atom stereocenters. The maximum atomic E-state index is 13.6. The summed E-state index contributed by atoms with van der Waals surface area (Å²) >= 11 is 0. The first-order valence-corrected chi connectivity index (χ1v) is 6.77. The van der Waals surface area contributed by atoms with Crippen molar-refractivity contribution in [1.29, 1.82) is 0 Å². The number of nitrogens with one attached hydrogen (secondary N) is 1. The maximum absolute atomic E-state index is 13.6. The normalized spacial score (nSPS) is 13.2. The zero-order valence-electron chi connectivity index (χ0n) is 12.0. The van der Waals surface area contributed by atoms with E-state index in [0.29, 0.717) is 0 Å². The lowest BCUT2D eigenvalue weighted by Crippen LogP contribution is -2.54. The second-order valence-corrected chi connectivity index (χ2v) is 5.23. The molecule has 0 spiro atoms. The van der Waals surface area contributed by atoms with E-state index in [-0.39, 0.29) is 12.0 Å². The van der Waals surface area contributed by atoms with Gasteiger partial charge in [-0.15, -0.1) is 0 Å². The van der Waals surface area contributed by atoms with Crippen molar-refractivity contribution in [2.45, 2.75) is 18.9 Å². The van der Waals surface area contributed by atoms with E-state index < -0.39 is 23.2 Å². The number of hydrogen-bond acceptors (Lipinski definition) is 2. The van der Waals surface area contributed by atoms with Gasteiger partial charge in [-0.05, 0) is 24.6 Å². The average molecular weight is 301 g/mol. The molecule has 114 valence electrons. The van der Waals surface area contributed by atoms with E-state index in [0.717, 1.165) is 11.6 Å². The summed E-state index contributed by atoms with van der Waals surface area (Å²) in [6.07, 6.45) is 0.101. The number of benzene rings is 2. The van der Waals surface area contributed by atoms with Gasteiger partial charge in [0.15, 0.2) is 0 Å². The molecular formula is C17H16FNO3. The number of carboxylic acid groups (broad SMARTS) is 1. The van der Waals surface area contributed by atoms with Crippen LogP contribution in [0.1, 0.15) is 22.8 Å². The number of carboxylic acids is 1. The second kappa shape index (κ2) is 6.39. The van der Waals surface area contributed by atoms with Gasteiger partial charge in [-0.3, -0.25) is 4.79 Å². The molecule has 2 aromatic rings. The number of hydrogen-bond donors (Lipinski definition) is 2. The van der Waals surface area contributed by atoms with Crippen LogP contribution in [-0.4, -0.2) is 22.5 Å². The largest absolute Gasteiger partial charge is 0.480 e. The third kappa shape index (κ3) is 3.49. The van der Waals surface area contributed by atoms with Gasteiger partial charge in [-0.1, -0.05) is 42.5 Å². The molecule has 5 heteroatoms. The van der Waals surface area contributed by atoms with Crippen molar-refractivity contribution in [3.05, 3.63) is 71.5 Å². The standard InChI is InChI=1S/C17H16FNO3/c1-17(16(21)22,11-12-7-3-2-4-8-12)19-15(20)13-9-5-6-10-14(13)18/h2-10H,11H2,1H3,(H,19,20)(H,21,22). The van der Waals surface area contributed by atoms with Crippen LogP contribution in [-0.2, 0) is 11.2 Å². The highest BCUT2D eigenvalue weighted by atomic mass is 19.1. The van der Waals surface area contributed by atoms with Crippen molar-refractivity contribution in [3.63, 3.8) is 0 Å². The molecule has 2 rings (SSSR count). The highest BCUT2D eigenvalue weighted by molar-refractivity contribution is 5.98. The molecule has 0 fully saturated rings. The summed E-state index contributed by atoms with van der Waals surface area (Å²) in [5, 5.41) is 11.9. The molecule has 0 radical (unpaired) electrons. The molecule has 0 saturated carbocycles. The molecular weight excluding hydrogens is 285 g/mol. The van der Waals surface area contributed by atoms with Crippen LogP contribution >= 0.6 is 0 Å². The first kappa shape index (κ1) is 15.7. The van der Waals surface area contributed by atoms with Crippen molar-refractivity contribution in [2.75, 3.05) is 0 Å². The highest BCUT2D eigenvalue weighted by Crippen LogP contribution is 2.16. The Hall–Kier alpha value is -2.69. The van der Waals surface area contributed by atoms with E-state index in [1.165, 1.54) is 25.1 Å². The highest BCUT2D eigenvalue weighted by Gasteiger charge is 2.35. The molecule has 0 aliphatic heterocycles. The van der Waals surface area contributed by atoms with Crippen LogP contribution < -0.4 is 5.32 Å². The number of aliphatic carboxylic acids is 1. The van der Waals surface area contributed by atoms with E-state index in [9.17, 15) is 19.1 Å². The van der Waals surface area contributed by atoms with Crippen LogP contribution in [0.25, 0.3) is 0 Å². The van der Waals surface area contributed by atoms with Crippen LogP contribution in [0.15, 0.2) is 54.6 Å². The molecule has 2 aromatic carbocycles. The number of carbonyl (C=O) groups is 2. The number of halogens is 1. The summed E-state index contributed by atoms with van der Waals surface area (Å²) in [7, 11) is 0. The second-order valence-electron chi connectivity index (χ2n) is 5.23. The summed E-state index contributed by atoms with van der Waals surface area (Å²) < 4.78 is 13.6. The Bertz CT molecular complexity index is 687. The van der Waals surface area contributed by atoms with Gasteiger partial charge in [0.1, 0.15) is 11.4 Å². The van der Waals surface area contributed by atoms with Gasteiger partial charge >= 0.3 is 5.97 Å². The van der Waals surface area contributed by atoms with Crippen LogP contribution in [0.4, 0.5) is 4.39 Å². The quantitative estimate of drug-likeness (QED) is 0.892. The van der Waals surface area contributed by atoms with Gasteiger partial charge in [-0.25, -0.2) is 9.18 Å². The lowest BCUT2D eigenvalue weighted by molar-refractivity contribution is -0.143. The average Bonchev–Trinajstić information content (AvgIpc) is 2.48. The van der Waals surface area contributed by atoms with Crippen molar-refractivity contribution >= 4 is 11.9 Å². The zero-order valence-corrected chi connectivity index (χ0v) is 12.0. The number of rotatable bonds is 5. The summed E-state index contributed by atoms with van der Waals surface area (Å²) in [6, 6.07) is 14.4. The molecule has 0 saturated heterocycles. The van der Waals surface area contributed by atoms with E-state index in [2.05, 4.69) is 5.32 Å². The smallest absolute Gasteiger partial charge is 0.329 e. The first-order valence-electron chi connectivity index (χ1n) is 6.77. The fourth-order valence-corrected chi connectivity index (χ4v) is 2.14. The molecule has 0 aromatic heterocycles. The number of carbonyl (C=O) groups excluding carboxylic acids is 1. The summed E-state index contributed by atoms with van der Waals surface area (Å²) in [5.74, 6) is -2.62. The lowest BCUT2D eigenvalue weighted by atomic mass is 9.92. The van der Waals surface area contributed by atoms with Gasteiger partial charge in [0.05, 0.1) is 5.56 Å². The monoisotopic (exact) mass is 301 g/mol. The molecule has 1 unspecified atom stereocenters. The molecule has 22 heavy (non-hydrogen) atoms. The van der Waals surface area contributed by atoms with Crippen molar-refractivity contribution in [2.24, 2.45) is 0 Å². The van der Waals surface area contributed by atoms with E-state index in [1.807, 2.05) is 6.07 Å². The first-order chi connectivity index (χ1) is 10.4. The molecule has 0 heterocycles. The summed E-state index contributed by atoms with van der Waals surface area (Å²) in [5.41, 5.74) is -0.940. The Labute approximate surface area is 127 Å². The predicted octanol–water partition coefficient (Wildman–Crippen LogP) is 2.64. The minimum atomic E-state index is -1.53. The third-order valence-corrected chi connectivity index (χ3v) is 3.38. The number of amides is 1. The fraction of sp³-hybridized carbons (Fsp3) is 0.176. The van der Waals surface area contributed by atoms with Crippen LogP contribution in [0.3, 0.4) is 0 Å². The van der Waals surface area contributed by atoms with Crippen molar-refractivity contribution < 1.29 is 19.1 Å². The van der Waals surface area contributed by atoms with Gasteiger partial charge in [0, 0.05) is 6.42 Å². The van der Waals surface area contributed by atoms with Crippen LogP contribution in [0.5, 0.6) is 0 Å². The van der Waals surface area contributed by atoms with Crippen molar-refractivity contribution in [3.8, 4) is 0 Å². The molecule has 0 aliphatic rings. The Balaban J connectivity index is 2.23. The molecule has 0 bridgehead atoms. The topological polar surface area (TPSA) is 66.4 Å². The van der Waals surface area contributed by atoms with E-state index in [4.69, 9.17) is 0 Å². The molecule has 0 aliphatic carbocycles. The minimum absolute atomic E-state index is 0.101. The molecule has 1 amide bonds. The van der Waals surface area contributed by atoms with E-state index >= 15 is 0 Å². The fourth-order valence-electron chi connectivity index (χ4n) is 2.14. The SMILES string of the molecule is CC(Cc1ccccc1)(NC(=O)c1ccccc1F)C(=O)O. The molecule has 2 N–H and O–H groups in total. The van der Waals surface area contributed by atoms with Crippen LogP contribution in [0, 0.1) is 5.82 Å². The van der Waals surface area contributed by atoms with Gasteiger partial charge in [0.25, 0.3) is 5.91 Å². The van der Waals surface area contributed by atoms with Crippen molar-refractivity contribution in [1.82, 2.24) is 5.32 Å². The maximum Gasteiger partial charge on any atom is 0.329 e. The Kier molecular flexibility index (Phi) is 4.56. The predicted molar refractivity (Wildman–Crippen MR) is 80.1 cm³/mol. The Morgan fingerprint density at radius 2 is 1.68 bits per heavy atom. The lowest BCUT2D eigenvalue weighted by Gasteiger charge is -2.26. The Morgan fingerprint density at radius 3 is 2.27 bits per heavy atom. The minimum Gasteiger partial charge on any atom is -0.480 e. The van der Waals surface area contributed by atoms with Crippen LogP contribution in [0.2, 0.25) is 0 Å².